The highest BCUT2D eigenvalue weighted by Gasteiger charge is 2.00. The second-order valence-corrected chi connectivity index (χ2v) is 3.20. The number of unbranched alkanes of at least 4 members (excludes halogenated alkanes) is 1. The smallest absolute Gasteiger partial charge is 0.264 e. The Hall–Kier alpha value is -0.420. The molecule has 0 aliphatic rings. The predicted octanol–water partition coefficient (Wildman–Crippen LogP) is 0.304. The molecule has 0 spiro atoms. The minimum Gasteiger partial charge on any atom is -0.313 e. The molecule has 0 bridgehead atoms. The van der Waals surface area contributed by atoms with Crippen molar-refractivity contribution in [3.63, 3.8) is 0 Å². The van der Waals surface area contributed by atoms with E-state index in [1.165, 1.54) is 0 Å². The van der Waals surface area contributed by atoms with Gasteiger partial charge in [-0.05, 0) is 19.1 Å². The van der Waals surface area contributed by atoms with Crippen LogP contribution in [0.5, 0.6) is 0 Å². The summed E-state index contributed by atoms with van der Waals surface area (Å²) in [6.45, 7) is 0. The Kier molecular flexibility index (Phi) is 3.41. The lowest BCUT2D eigenvalue weighted by Crippen LogP contribution is -2.03. The van der Waals surface area contributed by atoms with Crippen LogP contribution in [0, 0.1) is 5.41 Å². The molecule has 0 radical (unpaired) electrons. The second kappa shape index (κ2) is 3.58. The van der Waals surface area contributed by atoms with Gasteiger partial charge in [-0.3, -0.25) is 4.55 Å². The highest BCUT2D eigenvalue weighted by atomic mass is 32.2. The Morgan fingerprint density at radius 1 is 1.56 bits per heavy atom. The van der Waals surface area contributed by atoms with Crippen LogP contribution in [0.2, 0.25) is 0 Å². The van der Waals surface area contributed by atoms with Crippen LogP contribution in [0.3, 0.4) is 0 Å². The van der Waals surface area contributed by atoms with Crippen LogP contribution < -0.4 is 0 Å². The van der Waals surface area contributed by atoms with E-state index < -0.39 is 10.1 Å². The summed E-state index contributed by atoms with van der Waals surface area (Å²) in [5.41, 5.74) is 0. The molecule has 5 heteroatoms. The summed E-state index contributed by atoms with van der Waals surface area (Å²) in [5.74, 6) is -0.248. The maximum absolute atomic E-state index is 9.99. The number of hydrogen-bond acceptors (Lipinski definition) is 3. The molecule has 0 saturated heterocycles. The summed E-state index contributed by atoms with van der Waals surface area (Å²) in [6.07, 6.45) is 1.84. The summed E-state index contributed by atoms with van der Waals surface area (Å²) in [6, 6.07) is 0. The SMILES string of the molecule is N=CCCCS(=O)(=O)O. The largest absolute Gasteiger partial charge is 0.313 e. The average Bonchev–Trinajstić information content (AvgIpc) is 1.63. The summed E-state index contributed by atoms with van der Waals surface area (Å²) in [7, 11) is -3.80. The molecule has 0 aromatic carbocycles. The van der Waals surface area contributed by atoms with E-state index in [0.29, 0.717) is 12.8 Å². The van der Waals surface area contributed by atoms with Crippen molar-refractivity contribution in [1.82, 2.24) is 0 Å². The van der Waals surface area contributed by atoms with Gasteiger partial charge in [0.2, 0.25) is 0 Å². The molecule has 0 amide bonds. The van der Waals surface area contributed by atoms with E-state index in [1.807, 2.05) is 0 Å². The van der Waals surface area contributed by atoms with E-state index in [2.05, 4.69) is 0 Å². The van der Waals surface area contributed by atoms with Crippen LogP contribution in [-0.2, 0) is 10.1 Å². The zero-order valence-electron chi connectivity index (χ0n) is 4.87. The monoisotopic (exact) mass is 151 g/mol. The first-order valence-corrected chi connectivity index (χ1v) is 4.11. The van der Waals surface area contributed by atoms with Crippen LogP contribution in [0.15, 0.2) is 0 Å². The van der Waals surface area contributed by atoms with Gasteiger partial charge in [0.15, 0.2) is 0 Å². The van der Waals surface area contributed by atoms with Gasteiger partial charge in [-0.25, -0.2) is 0 Å². The second-order valence-electron chi connectivity index (χ2n) is 1.63. The van der Waals surface area contributed by atoms with Gasteiger partial charge in [0, 0.05) is 0 Å². The molecule has 9 heavy (non-hydrogen) atoms. The molecule has 0 aliphatic carbocycles. The molecular formula is C4H9NO3S. The third-order valence-corrected chi connectivity index (χ3v) is 1.56. The van der Waals surface area contributed by atoms with Gasteiger partial charge in [-0.1, -0.05) is 0 Å². The van der Waals surface area contributed by atoms with Crippen molar-refractivity contribution in [3.05, 3.63) is 0 Å². The minimum absolute atomic E-state index is 0.248. The van der Waals surface area contributed by atoms with Crippen molar-refractivity contribution in [1.29, 1.82) is 5.41 Å². The molecule has 0 heterocycles. The first-order chi connectivity index (χ1) is 4.06. The quantitative estimate of drug-likeness (QED) is 0.344. The fourth-order valence-corrected chi connectivity index (χ4v) is 0.899. The Morgan fingerprint density at radius 2 is 2.11 bits per heavy atom. The molecule has 0 fully saturated rings. The van der Waals surface area contributed by atoms with Crippen molar-refractivity contribution >= 4 is 16.3 Å². The zero-order chi connectivity index (χ0) is 7.33. The molecule has 0 rings (SSSR count). The fourth-order valence-electron chi connectivity index (χ4n) is 0.368. The number of nitrogens with one attached hydrogen (secondary N) is 1. The molecule has 0 aromatic heterocycles. The van der Waals surface area contributed by atoms with Crippen molar-refractivity contribution in [3.8, 4) is 0 Å². The highest BCUT2D eigenvalue weighted by molar-refractivity contribution is 7.85. The van der Waals surface area contributed by atoms with Gasteiger partial charge in [0.1, 0.15) is 0 Å². The Morgan fingerprint density at radius 3 is 2.44 bits per heavy atom. The third-order valence-electron chi connectivity index (χ3n) is 0.751. The normalized spacial score (nSPS) is 11.2. The van der Waals surface area contributed by atoms with Gasteiger partial charge in [-0.15, -0.1) is 0 Å². The van der Waals surface area contributed by atoms with E-state index in [-0.39, 0.29) is 5.75 Å². The van der Waals surface area contributed by atoms with E-state index in [0.717, 1.165) is 6.21 Å². The van der Waals surface area contributed by atoms with Crippen molar-refractivity contribution in [2.24, 2.45) is 0 Å². The third kappa shape index (κ3) is 7.58. The highest BCUT2D eigenvalue weighted by Crippen LogP contribution is 1.90. The van der Waals surface area contributed by atoms with Gasteiger partial charge >= 0.3 is 0 Å². The van der Waals surface area contributed by atoms with Crippen LogP contribution in [-0.4, -0.2) is 24.9 Å². The van der Waals surface area contributed by atoms with Crippen molar-refractivity contribution in [2.45, 2.75) is 12.8 Å². The number of hydrogen-bond donors (Lipinski definition) is 2. The Labute approximate surface area is 54.1 Å². The first-order valence-electron chi connectivity index (χ1n) is 2.50. The summed E-state index contributed by atoms with van der Waals surface area (Å²) in [5, 5.41) is 6.51. The molecule has 54 valence electrons. The summed E-state index contributed by atoms with van der Waals surface area (Å²) in [4.78, 5) is 0. The average molecular weight is 151 g/mol. The van der Waals surface area contributed by atoms with Gasteiger partial charge in [0.05, 0.1) is 5.75 Å². The van der Waals surface area contributed by atoms with Crippen LogP contribution in [0.4, 0.5) is 0 Å². The van der Waals surface area contributed by atoms with Gasteiger partial charge < -0.3 is 5.41 Å². The van der Waals surface area contributed by atoms with E-state index >= 15 is 0 Å². The summed E-state index contributed by atoms with van der Waals surface area (Å²) < 4.78 is 28.1. The molecule has 0 aromatic rings. The maximum Gasteiger partial charge on any atom is 0.264 e. The van der Waals surface area contributed by atoms with Crippen molar-refractivity contribution < 1.29 is 13.0 Å². The van der Waals surface area contributed by atoms with Crippen LogP contribution in [0.25, 0.3) is 0 Å². The van der Waals surface area contributed by atoms with E-state index in [9.17, 15) is 8.42 Å². The zero-order valence-corrected chi connectivity index (χ0v) is 5.69. The standard InChI is InChI=1S/C4H9NO3S/c5-3-1-2-4-9(6,7)8/h3,5H,1-2,4H2,(H,6,7,8). The van der Waals surface area contributed by atoms with E-state index in [1.54, 1.807) is 0 Å². The van der Waals surface area contributed by atoms with E-state index in [4.69, 9.17) is 9.96 Å². The van der Waals surface area contributed by atoms with Crippen molar-refractivity contribution in [2.75, 3.05) is 5.75 Å². The fraction of sp³-hybridized carbons (Fsp3) is 0.750. The lowest BCUT2D eigenvalue weighted by atomic mass is 10.4. The minimum atomic E-state index is -3.80. The Bertz CT molecular complexity index is 172. The Balaban J connectivity index is 3.40. The van der Waals surface area contributed by atoms with Crippen LogP contribution in [0.1, 0.15) is 12.8 Å². The lowest BCUT2D eigenvalue weighted by Gasteiger charge is -1.90. The number of rotatable bonds is 4. The molecule has 0 aliphatic heterocycles. The molecule has 0 unspecified atom stereocenters. The molecule has 0 atom stereocenters. The molecule has 0 saturated carbocycles. The molecular weight excluding hydrogens is 142 g/mol. The lowest BCUT2D eigenvalue weighted by molar-refractivity contribution is 0.481. The van der Waals surface area contributed by atoms with Gasteiger partial charge in [-0.2, -0.15) is 8.42 Å². The molecule has 4 nitrogen and oxygen atoms in total. The van der Waals surface area contributed by atoms with Crippen LogP contribution >= 0.6 is 0 Å². The summed E-state index contributed by atoms with van der Waals surface area (Å²) >= 11 is 0. The first kappa shape index (κ1) is 8.58. The molecule has 2 N–H and O–H groups in total. The topological polar surface area (TPSA) is 78.2 Å². The predicted molar refractivity (Wildman–Crippen MR) is 34.4 cm³/mol. The van der Waals surface area contributed by atoms with Gasteiger partial charge in [0.25, 0.3) is 10.1 Å². The maximum atomic E-state index is 9.99.